The molecular formula is C15H14ClN5O. The molecule has 0 aliphatic heterocycles. The Kier molecular flexibility index (Phi) is 3.93. The van der Waals surface area contributed by atoms with Gasteiger partial charge in [0.15, 0.2) is 0 Å². The van der Waals surface area contributed by atoms with Gasteiger partial charge in [-0.1, -0.05) is 17.7 Å². The van der Waals surface area contributed by atoms with Crippen LogP contribution >= 0.6 is 11.6 Å². The molecule has 0 unspecified atom stereocenters. The van der Waals surface area contributed by atoms with E-state index in [4.69, 9.17) is 11.6 Å². The van der Waals surface area contributed by atoms with Gasteiger partial charge in [0, 0.05) is 34.9 Å². The second-order valence-electron chi connectivity index (χ2n) is 4.65. The van der Waals surface area contributed by atoms with E-state index in [0.29, 0.717) is 17.4 Å². The largest absolute Gasteiger partial charge is 0.351 e. The molecule has 2 aromatic heterocycles. The molecule has 0 atom stereocenters. The van der Waals surface area contributed by atoms with E-state index in [1.165, 1.54) is 0 Å². The van der Waals surface area contributed by atoms with Crippen LogP contribution in [0.1, 0.15) is 6.92 Å². The Morgan fingerprint density at radius 2 is 2.18 bits per heavy atom. The Labute approximate surface area is 131 Å². The molecule has 7 heteroatoms. The van der Waals surface area contributed by atoms with E-state index in [9.17, 15) is 4.79 Å². The normalized spacial score (nSPS) is 10.6. The lowest BCUT2D eigenvalue weighted by Crippen LogP contribution is -2.28. The molecule has 112 valence electrons. The van der Waals surface area contributed by atoms with Gasteiger partial charge in [-0.05, 0) is 24.4 Å². The molecule has 2 heterocycles. The Balaban J connectivity index is 2.09. The van der Waals surface area contributed by atoms with E-state index in [1.54, 1.807) is 24.8 Å². The first-order chi connectivity index (χ1) is 10.7. The maximum atomic E-state index is 11.6. The van der Waals surface area contributed by atoms with Gasteiger partial charge in [0.05, 0.1) is 12.0 Å². The Morgan fingerprint density at radius 1 is 1.32 bits per heavy atom. The minimum atomic E-state index is -0.294. The van der Waals surface area contributed by atoms with Gasteiger partial charge < -0.3 is 10.3 Å². The number of aromatic nitrogens is 3. The van der Waals surface area contributed by atoms with Crippen LogP contribution in [-0.2, 0) is 0 Å². The number of anilines is 1. The number of carbonyl (C=O) groups is 1. The SMILES string of the molecule is CCNC(=O)Nc1cc2c(-c3c[nH]cn3)ccc(Cl)c2cn1. The minimum Gasteiger partial charge on any atom is -0.351 e. The zero-order chi connectivity index (χ0) is 15.5. The highest BCUT2D eigenvalue weighted by Gasteiger charge is 2.11. The second kappa shape index (κ2) is 6.03. The highest BCUT2D eigenvalue weighted by molar-refractivity contribution is 6.36. The molecule has 0 aliphatic rings. The molecule has 0 saturated heterocycles. The van der Waals surface area contributed by atoms with Crippen molar-refractivity contribution in [2.75, 3.05) is 11.9 Å². The second-order valence-corrected chi connectivity index (χ2v) is 5.06. The molecular weight excluding hydrogens is 302 g/mol. The average molecular weight is 316 g/mol. The molecule has 2 amide bonds. The van der Waals surface area contributed by atoms with Gasteiger partial charge in [0.2, 0.25) is 0 Å². The number of hydrogen-bond acceptors (Lipinski definition) is 3. The number of benzene rings is 1. The fraction of sp³-hybridized carbons (Fsp3) is 0.133. The van der Waals surface area contributed by atoms with Gasteiger partial charge >= 0.3 is 6.03 Å². The zero-order valence-electron chi connectivity index (χ0n) is 11.9. The van der Waals surface area contributed by atoms with Crippen molar-refractivity contribution in [1.29, 1.82) is 0 Å². The Bertz CT molecular complexity index is 816. The third-order valence-corrected chi connectivity index (χ3v) is 3.53. The standard InChI is InChI=1S/C15H14ClN5O/c1-2-18-15(22)21-14-5-10-9(13-7-17-8-20-13)3-4-12(16)11(10)6-19-14/h3-8H,2H2,1H3,(H,17,20)(H2,18,19,21,22). The predicted molar refractivity (Wildman–Crippen MR) is 87.0 cm³/mol. The number of halogens is 1. The topological polar surface area (TPSA) is 82.7 Å². The number of nitrogens with one attached hydrogen (secondary N) is 3. The van der Waals surface area contributed by atoms with Crippen molar-refractivity contribution >= 4 is 34.2 Å². The zero-order valence-corrected chi connectivity index (χ0v) is 12.6. The quantitative estimate of drug-likeness (QED) is 0.692. The first-order valence-corrected chi connectivity index (χ1v) is 7.19. The van der Waals surface area contributed by atoms with Crippen LogP contribution in [0.2, 0.25) is 5.02 Å². The van der Waals surface area contributed by atoms with E-state index in [2.05, 4.69) is 25.6 Å². The monoisotopic (exact) mass is 315 g/mol. The molecule has 3 N–H and O–H groups in total. The van der Waals surface area contributed by atoms with Gasteiger partial charge in [0.1, 0.15) is 5.82 Å². The van der Waals surface area contributed by atoms with Crippen molar-refractivity contribution in [3.8, 4) is 11.3 Å². The molecule has 0 bridgehead atoms. The predicted octanol–water partition coefficient (Wildman–Crippen LogP) is 3.42. The lowest BCUT2D eigenvalue weighted by Gasteiger charge is -2.09. The Morgan fingerprint density at radius 3 is 2.91 bits per heavy atom. The lowest BCUT2D eigenvalue weighted by atomic mass is 10.0. The van der Waals surface area contributed by atoms with Crippen LogP contribution in [0, 0.1) is 0 Å². The summed E-state index contributed by atoms with van der Waals surface area (Å²) in [6.45, 7) is 2.40. The number of hydrogen-bond donors (Lipinski definition) is 3. The number of nitrogens with zero attached hydrogens (tertiary/aromatic N) is 2. The molecule has 1 aromatic carbocycles. The molecule has 0 saturated carbocycles. The van der Waals surface area contributed by atoms with Crippen LogP contribution in [0.5, 0.6) is 0 Å². The van der Waals surface area contributed by atoms with Crippen LogP contribution < -0.4 is 10.6 Å². The van der Waals surface area contributed by atoms with E-state index in [0.717, 1.165) is 22.0 Å². The van der Waals surface area contributed by atoms with Gasteiger partial charge in [-0.25, -0.2) is 14.8 Å². The van der Waals surface area contributed by atoms with Crippen molar-refractivity contribution in [2.45, 2.75) is 6.92 Å². The third kappa shape index (κ3) is 2.73. The Hall–Kier alpha value is -2.60. The van der Waals surface area contributed by atoms with Crippen LogP contribution in [-0.4, -0.2) is 27.5 Å². The van der Waals surface area contributed by atoms with Crippen LogP contribution in [0.15, 0.2) is 36.9 Å². The summed E-state index contributed by atoms with van der Waals surface area (Å²) in [4.78, 5) is 23.1. The molecule has 0 fully saturated rings. The number of carbonyl (C=O) groups excluding carboxylic acids is 1. The molecule has 3 aromatic rings. The van der Waals surface area contributed by atoms with Crippen molar-refractivity contribution in [2.24, 2.45) is 0 Å². The highest BCUT2D eigenvalue weighted by atomic mass is 35.5. The molecule has 6 nitrogen and oxygen atoms in total. The summed E-state index contributed by atoms with van der Waals surface area (Å²) in [7, 11) is 0. The minimum absolute atomic E-state index is 0.294. The molecule has 0 aliphatic carbocycles. The molecule has 0 radical (unpaired) electrons. The summed E-state index contributed by atoms with van der Waals surface area (Å²) >= 11 is 6.23. The van der Waals surface area contributed by atoms with Gasteiger partial charge in [-0.15, -0.1) is 0 Å². The highest BCUT2D eigenvalue weighted by Crippen LogP contribution is 2.32. The van der Waals surface area contributed by atoms with Crippen LogP contribution in [0.4, 0.5) is 10.6 Å². The number of pyridine rings is 1. The smallest absolute Gasteiger partial charge is 0.320 e. The summed E-state index contributed by atoms with van der Waals surface area (Å²) in [6.07, 6.45) is 5.07. The maximum Gasteiger partial charge on any atom is 0.320 e. The van der Waals surface area contributed by atoms with E-state index in [-0.39, 0.29) is 6.03 Å². The van der Waals surface area contributed by atoms with Gasteiger partial charge in [-0.3, -0.25) is 5.32 Å². The van der Waals surface area contributed by atoms with E-state index >= 15 is 0 Å². The summed E-state index contributed by atoms with van der Waals surface area (Å²) in [6, 6.07) is 5.21. The van der Waals surface area contributed by atoms with Crippen molar-refractivity contribution in [1.82, 2.24) is 20.3 Å². The van der Waals surface area contributed by atoms with Gasteiger partial charge in [-0.2, -0.15) is 0 Å². The number of urea groups is 1. The molecule has 0 spiro atoms. The number of aromatic amines is 1. The van der Waals surface area contributed by atoms with Gasteiger partial charge in [0.25, 0.3) is 0 Å². The van der Waals surface area contributed by atoms with E-state index in [1.807, 2.05) is 19.1 Å². The summed E-state index contributed by atoms with van der Waals surface area (Å²) in [5, 5.41) is 7.64. The summed E-state index contributed by atoms with van der Waals surface area (Å²) in [5.41, 5.74) is 1.72. The van der Waals surface area contributed by atoms with Crippen molar-refractivity contribution in [3.63, 3.8) is 0 Å². The fourth-order valence-electron chi connectivity index (χ4n) is 2.22. The van der Waals surface area contributed by atoms with Crippen molar-refractivity contribution in [3.05, 3.63) is 41.9 Å². The third-order valence-electron chi connectivity index (χ3n) is 3.20. The van der Waals surface area contributed by atoms with Crippen LogP contribution in [0.3, 0.4) is 0 Å². The summed E-state index contributed by atoms with van der Waals surface area (Å²) in [5.74, 6) is 0.456. The summed E-state index contributed by atoms with van der Waals surface area (Å²) < 4.78 is 0. The number of fused-ring (bicyclic) bond motifs is 1. The average Bonchev–Trinajstić information content (AvgIpc) is 3.02. The van der Waals surface area contributed by atoms with Crippen molar-refractivity contribution < 1.29 is 4.79 Å². The van der Waals surface area contributed by atoms with E-state index < -0.39 is 0 Å². The van der Waals surface area contributed by atoms with Crippen LogP contribution in [0.25, 0.3) is 22.0 Å². The number of amides is 2. The maximum absolute atomic E-state index is 11.6. The first kappa shape index (κ1) is 14.3. The number of H-pyrrole nitrogens is 1. The number of rotatable bonds is 3. The fourth-order valence-corrected chi connectivity index (χ4v) is 2.44. The lowest BCUT2D eigenvalue weighted by molar-refractivity contribution is 0.252. The molecule has 3 rings (SSSR count). The first-order valence-electron chi connectivity index (χ1n) is 6.81. The molecule has 22 heavy (non-hydrogen) atoms. The number of imidazole rings is 1.